The van der Waals surface area contributed by atoms with Gasteiger partial charge in [-0.15, -0.1) is 0 Å². The third-order valence-corrected chi connectivity index (χ3v) is 8.47. The van der Waals surface area contributed by atoms with Gasteiger partial charge in [-0.25, -0.2) is 29.0 Å². The van der Waals surface area contributed by atoms with Crippen molar-refractivity contribution in [2.75, 3.05) is 5.32 Å². The Hall–Kier alpha value is -4.13. The molecule has 210 valence electrons. The van der Waals surface area contributed by atoms with Crippen molar-refractivity contribution in [2.24, 2.45) is 5.41 Å². The molecular formula is C28H26BrFN8O3. The number of carbonyl (C=O) groups is 3. The topological polar surface area (TPSA) is 136 Å². The minimum atomic E-state index is -0.730. The second kappa shape index (κ2) is 9.75. The number of amides is 2. The SMILES string of the molecule is CC(=O)c1nn(CC(=O)N2C3C[C@]3(C)C[C@H]2C(=O)Nc2nc(Br)c(F)cc2C)c2ncc(-c3cnc(C)nc3)cc12. The maximum absolute atomic E-state index is 13.9. The zero-order valence-corrected chi connectivity index (χ0v) is 24.4. The molecule has 1 aliphatic heterocycles. The van der Waals surface area contributed by atoms with E-state index in [4.69, 9.17) is 0 Å². The Morgan fingerprint density at radius 3 is 2.51 bits per heavy atom. The molecule has 1 unspecified atom stereocenters. The van der Waals surface area contributed by atoms with Gasteiger partial charge >= 0.3 is 0 Å². The van der Waals surface area contributed by atoms with Crippen LogP contribution in [0.1, 0.15) is 48.6 Å². The fourth-order valence-corrected chi connectivity index (χ4v) is 5.88. The quantitative estimate of drug-likeness (QED) is 0.252. The summed E-state index contributed by atoms with van der Waals surface area (Å²) in [6.07, 6.45) is 6.28. The van der Waals surface area contributed by atoms with Crippen LogP contribution in [0.15, 0.2) is 35.3 Å². The van der Waals surface area contributed by atoms with Crippen molar-refractivity contribution in [3.05, 3.63) is 58.2 Å². The van der Waals surface area contributed by atoms with Crippen LogP contribution >= 0.6 is 15.9 Å². The number of rotatable bonds is 6. The van der Waals surface area contributed by atoms with Crippen LogP contribution in [0.3, 0.4) is 0 Å². The summed E-state index contributed by atoms with van der Waals surface area (Å²) in [5.41, 5.74) is 2.34. The monoisotopic (exact) mass is 620 g/mol. The number of likely N-dealkylation sites (tertiary alicyclic amines) is 1. The largest absolute Gasteiger partial charge is 0.325 e. The molecule has 0 bridgehead atoms. The van der Waals surface area contributed by atoms with E-state index in [1.165, 1.54) is 17.7 Å². The minimum Gasteiger partial charge on any atom is -0.325 e. The summed E-state index contributed by atoms with van der Waals surface area (Å²) in [5, 5.41) is 7.73. The first-order valence-corrected chi connectivity index (χ1v) is 13.9. The van der Waals surface area contributed by atoms with Crippen LogP contribution in [0, 0.1) is 25.1 Å². The molecule has 1 N–H and O–H groups in total. The van der Waals surface area contributed by atoms with E-state index < -0.39 is 17.8 Å². The molecular weight excluding hydrogens is 595 g/mol. The Morgan fingerprint density at radius 2 is 1.80 bits per heavy atom. The van der Waals surface area contributed by atoms with E-state index in [0.29, 0.717) is 34.4 Å². The number of nitrogens with one attached hydrogen (secondary N) is 1. The molecule has 4 aromatic heterocycles. The maximum atomic E-state index is 13.9. The Bertz CT molecular complexity index is 1760. The summed E-state index contributed by atoms with van der Waals surface area (Å²) in [4.78, 5) is 58.3. The number of carbonyl (C=O) groups excluding carboxylic acids is 3. The minimum absolute atomic E-state index is 0.00930. The van der Waals surface area contributed by atoms with E-state index in [9.17, 15) is 18.8 Å². The third kappa shape index (κ3) is 4.77. The molecule has 3 atom stereocenters. The molecule has 4 aromatic rings. The molecule has 0 spiro atoms. The van der Waals surface area contributed by atoms with Crippen LogP contribution in [0.5, 0.6) is 0 Å². The lowest BCUT2D eigenvalue weighted by Gasteiger charge is -2.27. The lowest BCUT2D eigenvalue weighted by Crippen LogP contribution is -2.47. The Kier molecular flexibility index (Phi) is 6.44. The number of halogens is 2. The second-order valence-corrected chi connectivity index (χ2v) is 11.7. The average molecular weight is 621 g/mol. The van der Waals surface area contributed by atoms with E-state index in [1.807, 2.05) is 0 Å². The molecule has 1 saturated heterocycles. The molecule has 2 fully saturated rings. The van der Waals surface area contributed by atoms with E-state index in [1.54, 1.807) is 43.4 Å². The first-order valence-electron chi connectivity index (χ1n) is 13.1. The highest BCUT2D eigenvalue weighted by Crippen LogP contribution is 2.59. The van der Waals surface area contributed by atoms with Gasteiger partial charge in [0, 0.05) is 42.7 Å². The zero-order chi connectivity index (χ0) is 29.2. The normalized spacial score (nSPS) is 21.2. The molecule has 0 aromatic carbocycles. The van der Waals surface area contributed by atoms with Crippen molar-refractivity contribution >= 4 is 50.4 Å². The van der Waals surface area contributed by atoms with Gasteiger partial charge in [0.2, 0.25) is 11.8 Å². The van der Waals surface area contributed by atoms with Crippen molar-refractivity contribution in [3.8, 4) is 11.1 Å². The molecule has 1 saturated carbocycles. The van der Waals surface area contributed by atoms with E-state index >= 15 is 0 Å². The summed E-state index contributed by atoms with van der Waals surface area (Å²) < 4.78 is 15.3. The number of ketones is 1. The molecule has 6 rings (SSSR count). The summed E-state index contributed by atoms with van der Waals surface area (Å²) in [6.45, 7) is 6.71. The molecule has 41 heavy (non-hydrogen) atoms. The van der Waals surface area contributed by atoms with Gasteiger partial charge in [-0.05, 0) is 65.7 Å². The first kappa shape index (κ1) is 27.1. The highest BCUT2D eigenvalue weighted by Gasteiger charge is 2.64. The Morgan fingerprint density at radius 1 is 1.10 bits per heavy atom. The van der Waals surface area contributed by atoms with Gasteiger partial charge in [0.25, 0.3) is 0 Å². The lowest BCUT2D eigenvalue weighted by molar-refractivity contribution is -0.138. The van der Waals surface area contributed by atoms with Crippen LogP contribution in [0.4, 0.5) is 10.2 Å². The smallest absolute Gasteiger partial charge is 0.248 e. The standard InChI is InChI=1S/C28H26BrFN8O3/c1-13-5-19(30)24(29)34-25(13)35-27(41)20-7-28(4)8-21(28)38(20)22(40)12-37-26-18(23(36-37)14(2)39)6-16(9-33-26)17-10-31-15(3)32-11-17/h5-6,9-11,20-21H,7-8,12H2,1-4H3,(H,34,35,41)/t20-,21?,28-/m0/s1. The number of hydrogen-bond acceptors (Lipinski definition) is 8. The number of aromatic nitrogens is 6. The fraction of sp³-hybridized carbons (Fsp3) is 0.357. The zero-order valence-electron chi connectivity index (χ0n) is 22.8. The van der Waals surface area contributed by atoms with Gasteiger partial charge < -0.3 is 10.2 Å². The van der Waals surface area contributed by atoms with Crippen molar-refractivity contribution < 1.29 is 18.8 Å². The maximum Gasteiger partial charge on any atom is 0.248 e. The number of piperidine rings is 1. The van der Waals surface area contributed by atoms with Crippen LogP contribution in [-0.4, -0.2) is 64.3 Å². The van der Waals surface area contributed by atoms with Gasteiger partial charge in [0.15, 0.2) is 17.2 Å². The molecule has 11 nitrogen and oxygen atoms in total. The summed E-state index contributed by atoms with van der Waals surface area (Å²) in [7, 11) is 0. The van der Waals surface area contributed by atoms with Crippen LogP contribution in [0.2, 0.25) is 0 Å². The molecule has 2 amide bonds. The van der Waals surface area contributed by atoms with E-state index in [2.05, 4.69) is 53.2 Å². The van der Waals surface area contributed by atoms with Gasteiger partial charge in [0.1, 0.15) is 34.5 Å². The van der Waals surface area contributed by atoms with Crippen molar-refractivity contribution in [1.82, 2.24) is 34.6 Å². The van der Waals surface area contributed by atoms with Crippen LogP contribution < -0.4 is 5.32 Å². The molecule has 0 radical (unpaired) electrons. The first-order chi connectivity index (χ1) is 19.4. The summed E-state index contributed by atoms with van der Waals surface area (Å²) in [5.74, 6) is -0.629. The van der Waals surface area contributed by atoms with Gasteiger partial charge in [0.05, 0.1) is 5.39 Å². The molecule has 5 heterocycles. The number of aryl methyl sites for hydroxylation is 2. The summed E-state index contributed by atoms with van der Waals surface area (Å²) in [6, 6.07) is 2.26. The summed E-state index contributed by atoms with van der Waals surface area (Å²) >= 11 is 3.06. The number of hydrogen-bond donors (Lipinski definition) is 1. The highest BCUT2D eigenvalue weighted by molar-refractivity contribution is 9.10. The van der Waals surface area contributed by atoms with Crippen molar-refractivity contribution in [1.29, 1.82) is 0 Å². The van der Waals surface area contributed by atoms with Gasteiger partial charge in [-0.2, -0.15) is 5.10 Å². The van der Waals surface area contributed by atoms with Crippen LogP contribution in [-0.2, 0) is 16.1 Å². The van der Waals surface area contributed by atoms with Crippen molar-refractivity contribution in [3.63, 3.8) is 0 Å². The van der Waals surface area contributed by atoms with Gasteiger partial charge in [-0.1, -0.05) is 6.92 Å². The third-order valence-electron chi connectivity index (χ3n) is 7.91. The predicted octanol–water partition coefficient (Wildman–Crippen LogP) is 4.02. The predicted molar refractivity (Wildman–Crippen MR) is 150 cm³/mol. The average Bonchev–Trinajstić information content (AvgIpc) is 3.29. The number of pyridine rings is 2. The molecule has 13 heteroatoms. The van der Waals surface area contributed by atoms with E-state index in [-0.39, 0.29) is 45.8 Å². The van der Waals surface area contributed by atoms with Crippen LogP contribution in [0.25, 0.3) is 22.2 Å². The highest BCUT2D eigenvalue weighted by atomic mass is 79.9. The number of anilines is 1. The Balaban J connectivity index is 1.28. The second-order valence-electron chi connectivity index (χ2n) is 11.0. The number of Topliss-reactive ketones (excluding diaryl/α,β-unsaturated/α-hetero) is 1. The number of fused-ring (bicyclic) bond motifs is 2. The molecule has 1 aliphatic carbocycles. The Labute approximate surface area is 242 Å². The fourth-order valence-electron chi connectivity index (χ4n) is 5.58. The number of nitrogens with zero attached hydrogens (tertiary/aromatic N) is 7. The van der Waals surface area contributed by atoms with E-state index in [0.717, 1.165) is 12.0 Å². The lowest BCUT2D eigenvalue weighted by atomic mass is 10.0. The molecule has 2 aliphatic rings. The van der Waals surface area contributed by atoms with Gasteiger partial charge in [-0.3, -0.25) is 14.4 Å². The van der Waals surface area contributed by atoms with Crippen molar-refractivity contribution in [2.45, 2.75) is 59.2 Å².